The highest BCUT2D eigenvalue weighted by Gasteiger charge is 2.39. The maximum atomic E-state index is 12.1. The summed E-state index contributed by atoms with van der Waals surface area (Å²) >= 11 is 3.55. The molecular weight excluding hydrogens is 409 g/mol. The van der Waals surface area contributed by atoms with E-state index in [0.29, 0.717) is 5.46 Å². The van der Waals surface area contributed by atoms with Gasteiger partial charge in [0.15, 0.2) is 0 Å². The molecule has 1 fully saturated rings. The van der Waals surface area contributed by atoms with Gasteiger partial charge in [-0.15, -0.1) is 0 Å². The summed E-state index contributed by atoms with van der Waals surface area (Å²) in [6, 6.07) is 12.1. The van der Waals surface area contributed by atoms with E-state index in [-0.39, 0.29) is 18.5 Å². The van der Waals surface area contributed by atoms with E-state index < -0.39 is 19.1 Å². The van der Waals surface area contributed by atoms with Crippen molar-refractivity contribution < 1.29 is 18.9 Å². The van der Waals surface area contributed by atoms with Crippen LogP contribution in [0.4, 0.5) is 0 Å². The molecule has 0 radical (unpaired) electrons. The van der Waals surface area contributed by atoms with Gasteiger partial charge in [0, 0.05) is 15.4 Å². The van der Waals surface area contributed by atoms with Crippen molar-refractivity contribution in [3.05, 3.63) is 52.0 Å². The molecule has 1 aliphatic heterocycles. The fraction of sp³-hybridized carbons (Fsp3) is 0.300. The van der Waals surface area contributed by atoms with Gasteiger partial charge in [-0.05, 0) is 41.4 Å². The molecule has 0 saturated carbocycles. The largest absolute Gasteiger partial charge is 0.636 e. The number of rotatable bonds is 1. The summed E-state index contributed by atoms with van der Waals surface area (Å²) in [6.07, 6.45) is 0. The van der Waals surface area contributed by atoms with Crippen molar-refractivity contribution in [1.29, 1.82) is 0 Å². The van der Waals surface area contributed by atoms with Crippen LogP contribution in [0.2, 0.25) is 0 Å². The third-order valence-electron chi connectivity index (χ3n) is 5.21. The molecule has 1 aliphatic carbocycles. The van der Waals surface area contributed by atoms with Crippen molar-refractivity contribution in [3.8, 4) is 11.1 Å². The van der Waals surface area contributed by atoms with Gasteiger partial charge in [-0.2, -0.15) is 0 Å². The molecule has 0 N–H and O–H groups in total. The predicted molar refractivity (Wildman–Crippen MR) is 107 cm³/mol. The van der Waals surface area contributed by atoms with Crippen molar-refractivity contribution in [2.45, 2.75) is 19.3 Å². The average Bonchev–Trinajstić information content (AvgIpc) is 2.80. The van der Waals surface area contributed by atoms with Crippen molar-refractivity contribution >= 4 is 40.4 Å². The second kappa shape index (κ2) is 6.50. The quantitative estimate of drug-likeness (QED) is 0.654. The molecule has 1 saturated heterocycles. The van der Waals surface area contributed by atoms with Crippen molar-refractivity contribution in [1.82, 2.24) is 4.90 Å². The first kappa shape index (κ1) is 18.3. The molecule has 0 bridgehead atoms. The average molecular weight is 428 g/mol. The van der Waals surface area contributed by atoms with Gasteiger partial charge < -0.3 is 9.31 Å². The summed E-state index contributed by atoms with van der Waals surface area (Å²) in [5.74, 6) is -0.830. The lowest BCUT2D eigenvalue weighted by Gasteiger charge is -2.24. The lowest BCUT2D eigenvalue weighted by molar-refractivity contribution is -0.145. The first-order valence-electron chi connectivity index (χ1n) is 8.78. The number of hydrogen-bond acceptors (Lipinski definition) is 5. The predicted octanol–water partition coefficient (Wildman–Crippen LogP) is 2.48. The van der Waals surface area contributed by atoms with Crippen LogP contribution < -0.4 is 5.46 Å². The zero-order chi connectivity index (χ0) is 19.3. The highest BCUT2D eigenvalue weighted by molar-refractivity contribution is 9.10. The number of carbonyl (C=O) groups is 2. The SMILES string of the molecule is CN1CC(=O)OB(c2ccc3c(c2)C(C)(C)c2cc(Br)ccc2-3)OC(=O)C1. The highest BCUT2D eigenvalue weighted by Crippen LogP contribution is 2.48. The Morgan fingerprint density at radius 2 is 1.52 bits per heavy atom. The number of fused-ring (bicyclic) bond motifs is 3. The van der Waals surface area contributed by atoms with Gasteiger partial charge in [-0.3, -0.25) is 14.5 Å². The molecule has 138 valence electrons. The third kappa shape index (κ3) is 3.19. The number of carbonyl (C=O) groups excluding carboxylic acids is 2. The summed E-state index contributed by atoms with van der Waals surface area (Å²) in [6.45, 7) is 4.45. The maximum Gasteiger partial charge on any atom is 0.636 e. The van der Waals surface area contributed by atoms with Gasteiger partial charge in [-0.1, -0.05) is 54.0 Å². The van der Waals surface area contributed by atoms with Crippen LogP contribution in [0.3, 0.4) is 0 Å². The van der Waals surface area contributed by atoms with E-state index >= 15 is 0 Å². The number of nitrogens with zero attached hydrogens (tertiary/aromatic N) is 1. The smallest absolute Gasteiger partial charge is 0.494 e. The summed E-state index contributed by atoms with van der Waals surface area (Å²) in [7, 11) is 0.658. The number of halogens is 1. The lowest BCUT2D eigenvalue weighted by Crippen LogP contribution is -2.48. The van der Waals surface area contributed by atoms with E-state index in [2.05, 4.69) is 41.9 Å². The molecule has 5 nitrogen and oxygen atoms in total. The Labute approximate surface area is 166 Å². The number of likely N-dealkylation sites (N-methyl/N-ethyl adjacent to an activating group) is 1. The fourth-order valence-electron chi connectivity index (χ4n) is 3.84. The van der Waals surface area contributed by atoms with E-state index in [1.165, 1.54) is 11.1 Å². The summed E-state index contributed by atoms with van der Waals surface area (Å²) in [5.41, 5.74) is 5.16. The maximum absolute atomic E-state index is 12.1. The molecule has 4 rings (SSSR count). The summed E-state index contributed by atoms with van der Waals surface area (Å²) < 4.78 is 11.9. The second-order valence-electron chi connectivity index (χ2n) is 7.60. The molecule has 2 aromatic rings. The molecular formula is C20H19BBrNO4. The van der Waals surface area contributed by atoms with Crippen LogP contribution in [0.15, 0.2) is 40.9 Å². The van der Waals surface area contributed by atoms with E-state index in [4.69, 9.17) is 9.31 Å². The fourth-order valence-corrected chi connectivity index (χ4v) is 4.21. The molecule has 0 aromatic heterocycles. The molecule has 2 aliphatic rings. The molecule has 2 aromatic carbocycles. The zero-order valence-corrected chi connectivity index (χ0v) is 17.0. The van der Waals surface area contributed by atoms with Crippen LogP contribution in [-0.2, 0) is 24.3 Å². The molecule has 7 heteroatoms. The van der Waals surface area contributed by atoms with Gasteiger partial charge in [-0.25, -0.2) is 0 Å². The molecule has 0 unspecified atom stereocenters. The van der Waals surface area contributed by atoms with Crippen LogP contribution in [0.5, 0.6) is 0 Å². The minimum absolute atomic E-state index is 0.0570. The zero-order valence-electron chi connectivity index (χ0n) is 15.4. The van der Waals surface area contributed by atoms with E-state index in [1.807, 2.05) is 24.3 Å². The Hall–Kier alpha value is -2.12. The Morgan fingerprint density at radius 3 is 2.15 bits per heavy atom. The Morgan fingerprint density at radius 1 is 0.963 bits per heavy atom. The minimum Gasteiger partial charge on any atom is -0.494 e. The van der Waals surface area contributed by atoms with E-state index in [9.17, 15) is 9.59 Å². The topological polar surface area (TPSA) is 55.8 Å². The highest BCUT2D eigenvalue weighted by atomic mass is 79.9. The molecule has 0 spiro atoms. The molecule has 1 heterocycles. The third-order valence-corrected chi connectivity index (χ3v) is 5.70. The monoisotopic (exact) mass is 427 g/mol. The van der Waals surface area contributed by atoms with E-state index in [1.54, 1.807) is 11.9 Å². The Kier molecular flexibility index (Phi) is 4.39. The van der Waals surface area contributed by atoms with Gasteiger partial charge >= 0.3 is 19.1 Å². The van der Waals surface area contributed by atoms with Gasteiger partial charge in [0.2, 0.25) is 0 Å². The Balaban J connectivity index is 1.74. The molecule has 0 atom stereocenters. The summed E-state index contributed by atoms with van der Waals surface area (Å²) in [5, 5.41) is 0. The Bertz CT molecular complexity index is 939. The lowest BCUT2D eigenvalue weighted by atomic mass is 9.74. The van der Waals surface area contributed by atoms with E-state index in [0.717, 1.165) is 15.6 Å². The standard InChI is InChI=1S/C20H19BBrNO4/c1-20(2)16-8-12(21-26-18(24)10-23(3)11-19(25)27-21)4-6-14(16)15-7-5-13(22)9-17(15)20/h4-9H,10-11H2,1-3H3. The van der Waals surface area contributed by atoms with Crippen LogP contribution in [-0.4, -0.2) is 44.1 Å². The first-order chi connectivity index (χ1) is 12.8. The number of benzene rings is 2. The molecule has 27 heavy (non-hydrogen) atoms. The van der Waals surface area contributed by atoms with Crippen LogP contribution >= 0.6 is 15.9 Å². The van der Waals surface area contributed by atoms with Crippen LogP contribution in [0.1, 0.15) is 25.0 Å². The second-order valence-corrected chi connectivity index (χ2v) is 8.52. The van der Waals surface area contributed by atoms with Gasteiger partial charge in [0.25, 0.3) is 0 Å². The minimum atomic E-state index is -1.02. The van der Waals surface area contributed by atoms with Gasteiger partial charge in [0.05, 0.1) is 13.1 Å². The normalized spacial score (nSPS) is 18.9. The van der Waals surface area contributed by atoms with Crippen molar-refractivity contribution in [3.63, 3.8) is 0 Å². The van der Waals surface area contributed by atoms with Gasteiger partial charge in [0.1, 0.15) is 0 Å². The molecule has 0 amide bonds. The van der Waals surface area contributed by atoms with Crippen LogP contribution in [0.25, 0.3) is 11.1 Å². The van der Waals surface area contributed by atoms with Crippen LogP contribution in [0, 0.1) is 0 Å². The van der Waals surface area contributed by atoms with Crippen molar-refractivity contribution in [2.75, 3.05) is 20.1 Å². The van der Waals surface area contributed by atoms with Crippen molar-refractivity contribution in [2.24, 2.45) is 0 Å². The summed E-state index contributed by atoms with van der Waals surface area (Å²) in [4.78, 5) is 25.7. The first-order valence-corrected chi connectivity index (χ1v) is 9.57. The number of hydrogen-bond donors (Lipinski definition) is 0.